The van der Waals surface area contributed by atoms with Crippen molar-refractivity contribution in [1.29, 1.82) is 10.8 Å². The number of nitrogens with one attached hydrogen (secondary N) is 3. The van der Waals surface area contributed by atoms with Gasteiger partial charge in [0.05, 0.1) is 18.7 Å². The third kappa shape index (κ3) is 7.61. The first-order valence-electron chi connectivity index (χ1n) is 11.3. The van der Waals surface area contributed by atoms with Crippen LogP contribution >= 0.6 is 0 Å². The molecule has 0 aromatic heterocycles. The second-order valence-electron chi connectivity index (χ2n) is 8.79. The van der Waals surface area contributed by atoms with E-state index in [2.05, 4.69) is 26.1 Å². The van der Waals surface area contributed by atoms with E-state index in [9.17, 15) is 18.0 Å². The van der Waals surface area contributed by atoms with Gasteiger partial charge in [-0.3, -0.25) is 10.3 Å². The number of hydrogen-bond donors (Lipinski definition) is 4. The van der Waals surface area contributed by atoms with Crippen LogP contribution in [0.5, 0.6) is 0 Å². The van der Waals surface area contributed by atoms with Gasteiger partial charge in [-0.25, -0.2) is 4.79 Å². The molecule has 0 fully saturated rings. The first-order chi connectivity index (χ1) is 15.4. The van der Waals surface area contributed by atoms with Gasteiger partial charge in [0, 0.05) is 17.8 Å². The Balaban J connectivity index is 2.13. The monoisotopic (exact) mass is 465 g/mol. The van der Waals surface area contributed by atoms with Crippen molar-refractivity contribution in [3.63, 3.8) is 0 Å². The Bertz CT molecular complexity index is 892. The van der Waals surface area contributed by atoms with Crippen LogP contribution in [0.15, 0.2) is 35.5 Å². The number of urea groups is 1. The molecular formula is C24H34F3N5O. The lowest BCUT2D eigenvalue weighted by molar-refractivity contribution is -0.135. The Morgan fingerprint density at radius 1 is 1.27 bits per heavy atom. The van der Waals surface area contributed by atoms with E-state index in [1.807, 2.05) is 12.1 Å². The van der Waals surface area contributed by atoms with Crippen molar-refractivity contribution in [3.05, 3.63) is 46.7 Å². The normalized spacial score (nSPS) is 17.5. The Labute approximate surface area is 193 Å². The molecule has 0 heterocycles. The van der Waals surface area contributed by atoms with Crippen LogP contribution in [0.25, 0.3) is 0 Å². The molecule has 2 amide bonds. The standard InChI is InChI=1S/C24H34F3N5O/c1-4-16(3)17-6-8-18(9-7-17)22(30)32(12-11-24(25,26)27)23(33)31-14-21(29)19-10-5-15(2)13-20(19)28/h6-9,15-16,29-30H,4-5,10-14,28H2,1-3H3,(H,31,33). The van der Waals surface area contributed by atoms with Gasteiger partial charge < -0.3 is 16.5 Å². The van der Waals surface area contributed by atoms with Crippen molar-refractivity contribution >= 4 is 17.6 Å². The number of allylic oxidation sites excluding steroid dienone is 1. The molecule has 0 spiro atoms. The number of nitrogens with zero attached hydrogens (tertiary/aromatic N) is 1. The van der Waals surface area contributed by atoms with E-state index in [0.717, 1.165) is 23.3 Å². The number of carbonyl (C=O) groups excluding carboxylic acids is 1. The van der Waals surface area contributed by atoms with Crippen molar-refractivity contribution in [2.24, 2.45) is 11.7 Å². The predicted molar refractivity (Wildman–Crippen MR) is 125 cm³/mol. The third-order valence-corrected chi connectivity index (χ3v) is 6.12. The lowest BCUT2D eigenvalue weighted by atomic mass is 9.86. The maximum absolute atomic E-state index is 12.9. The van der Waals surface area contributed by atoms with Crippen LogP contribution in [-0.4, -0.2) is 41.7 Å². The number of alkyl halides is 3. The molecule has 0 saturated carbocycles. The molecule has 9 heteroatoms. The molecule has 2 atom stereocenters. The lowest BCUT2D eigenvalue weighted by Gasteiger charge is -2.26. The van der Waals surface area contributed by atoms with Crippen molar-refractivity contribution < 1.29 is 18.0 Å². The van der Waals surface area contributed by atoms with Crippen molar-refractivity contribution in [2.45, 2.75) is 65.0 Å². The minimum Gasteiger partial charge on any atom is -0.402 e. The maximum atomic E-state index is 12.9. The summed E-state index contributed by atoms with van der Waals surface area (Å²) in [6.45, 7) is 5.35. The Morgan fingerprint density at radius 2 is 1.91 bits per heavy atom. The molecule has 1 aromatic carbocycles. The molecule has 0 bridgehead atoms. The van der Waals surface area contributed by atoms with Gasteiger partial charge in [0.15, 0.2) is 0 Å². The number of amides is 2. The van der Waals surface area contributed by atoms with Gasteiger partial charge >= 0.3 is 12.2 Å². The fraction of sp³-hybridized carbons (Fsp3) is 0.542. The summed E-state index contributed by atoms with van der Waals surface area (Å²) in [7, 11) is 0. The summed E-state index contributed by atoms with van der Waals surface area (Å²) in [6.07, 6.45) is -2.56. The molecule has 1 aliphatic rings. The first-order valence-corrected chi connectivity index (χ1v) is 11.3. The van der Waals surface area contributed by atoms with Gasteiger partial charge in [0.1, 0.15) is 5.84 Å². The number of amidine groups is 1. The fourth-order valence-corrected chi connectivity index (χ4v) is 3.78. The smallest absolute Gasteiger partial charge is 0.390 e. The second-order valence-corrected chi connectivity index (χ2v) is 8.79. The third-order valence-electron chi connectivity index (χ3n) is 6.12. The van der Waals surface area contributed by atoms with Gasteiger partial charge in [-0.15, -0.1) is 0 Å². The zero-order valence-corrected chi connectivity index (χ0v) is 19.5. The van der Waals surface area contributed by atoms with Crippen molar-refractivity contribution in [1.82, 2.24) is 10.2 Å². The Hall–Kier alpha value is -2.84. The molecule has 1 aliphatic carbocycles. The number of nitrogens with two attached hydrogens (primary N) is 1. The molecule has 2 unspecified atom stereocenters. The molecule has 1 aromatic rings. The molecule has 33 heavy (non-hydrogen) atoms. The number of carbonyl (C=O) groups is 1. The topological polar surface area (TPSA) is 106 Å². The molecule has 2 rings (SSSR count). The lowest BCUT2D eigenvalue weighted by Crippen LogP contribution is -2.46. The summed E-state index contributed by atoms with van der Waals surface area (Å²) in [5.41, 5.74) is 8.92. The van der Waals surface area contributed by atoms with Crippen molar-refractivity contribution in [2.75, 3.05) is 13.1 Å². The van der Waals surface area contributed by atoms with E-state index >= 15 is 0 Å². The minimum atomic E-state index is -4.47. The molecular weight excluding hydrogens is 431 g/mol. The minimum absolute atomic E-state index is 0.146. The van der Waals surface area contributed by atoms with Crippen LogP contribution in [-0.2, 0) is 0 Å². The van der Waals surface area contributed by atoms with Gasteiger partial charge in [-0.2, -0.15) is 13.2 Å². The molecule has 0 aliphatic heterocycles. The maximum Gasteiger partial charge on any atom is 0.390 e. The quantitative estimate of drug-likeness (QED) is 0.299. The highest BCUT2D eigenvalue weighted by molar-refractivity contribution is 6.07. The largest absolute Gasteiger partial charge is 0.402 e. The summed E-state index contributed by atoms with van der Waals surface area (Å²) in [4.78, 5) is 13.6. The predicted octanol–water partition coefficient (Wildman–Crippen LogP) is 5.54. The van der Waals surface area contributed by atoms with Crippen LogP contribution in [0.2, 0.25) is 0 Å². The van der Waals surface area contributed by atoms with Gasteiger partial charge in [0.2, 0.25) is 0 Å². The average molecular weight is 466 g/mol. The van der Waals surface area contributed by atoms with Crippen LogP contribution in [0, 0.1) is 16.7 Å². The van der Waals surface area contributed by atoms with E-state index < -0.39 is 25.2 Å². The average Bonchev–Trinajstić information content (AvgIpc) is 2.76. The van der Waals surface area contributed by atoms with Crippen molar-refractivity contribution in [3.8, 4) is 0 Å². The molecule has 6 nitrogen and oxygen atoms in total. The Morgan fingerprint density at radius 3 is 2.45 bits per heavy atom. The highest BCUT2D eigenvalue weighted by Crippen LogP contribution is 2.27. The molecule has 0 radical (unpaired) electrons. The summed E-state index contributed by atoms with van der Waals surface area (Å²) in [5.74, 6) is 0.429. The number of halogens is 3. The number of benzene rings is 1. The van der Waals surface area contributed by atoms with E-state index in [1.54, 1.807) is 12.1 Å². The highest BCUT2D eigenvalue weighted by atomic mass is 19.4. The van der Waals surface area contributed by atoms with Crippen LogP contribution < -0.4 is 11.1 Å². The zero-order valence-electron chi connectivity index (χ0n) is 19.5. The van der Waals surface area contributed by atoms with Gasteiger partial charge in [-0.05, 0) is 48.7 Å². The van der Waals surface area contributed by atoms with Crippen LogP contribution in [0.4, 0.5) is 18.0 Å². The van der Waals surface area contributed by atoms with E-state index in [0.29, 0.717) is 41.5 Å². The SMILES string of the molecule is CCC(C)c1ccc(C(=N)N(CCC(F)(F)F)C(=O)NCC(=N)C2=C(N)CC(C)CC2)cc1. The molecule has 182 valence electrons. The number of rotatable bonds is 8. The molecule has 0 saturated heterocycles. The van der Waals surface area contributed by atoms with Crippen LogP contribution in [0.3, 0.4) is 0 Å². The van der Waals surface area contributed by atoms with E-state index in [4.69, 9.17) is 16.6 Å². The summed E-state index contributed by atoms with van der Waals surface area (Å²) < 4.78 is 38.6. The number of hydrogen-bond acceptors (Lipinski definition) is 4. The molecule has 5 N–H and O–H groups in total. The van der Waals surface area contributed by atoms with Gasteiger partial charge in [-0.1, -0.05) is 45.0 Å². The van der Waals surface area contributed by atoms with Crippen LogP contribution in [0.1, 0.15) is 69.9 Å². The Kier molecular flexibility index (Phi) is 9.07. The highest BCUT2D eigenvalue weighted by Gasteiger charge is 2.31. The summed E-state index contributed by atoms with van der Waals surface area (Å²) >= 11 is 0. The second kappa shape index (κ2) is 11.3. The van der Waals surface area contributed by atoms with Gasteiger partial charge in [0.25, 0.3) is 0 Å². The van der Waals surface area contributed by atoms with E-state index in [-0.39, 0.29) is 18.1 Å². The summed E-state index contributed by atoms with van der Waals surface area (Å²) in [6, 6.07) is 6.10. The first kappa shape index (κ1) is 26.4. The zero-order chi connectivity index (χ0) is 24.8. The van der Waals surface area contributed by atoms with E-state index in [1.165, 1.54) is 0 Å². The summed E-state index contributed by atoms with van der Waals surface area (Å²) in [5, 5.41) is 19.2. The fourth-order valence-electron chi connectivity index (χ4n) is 3.78.